The van der Waals surface area contributed by atoms with Gasteiger partial charge in [0.2, 0.25) is 0 Å². The summed E-state index contributed by atoms with van der Waals surface area (Å²) in [4.78, 5) is 12.1. The average Bonchev–Trinajstić information content (AvgIpc) is 3.21. The molecular formula is C22H20N4OS. The quantitative estimate of drug-likeness (QED) is 0.530. The first-order valence-corrected chi connectivity index (χ1v) is 9.43. The monoisotopic (exact) mass is 388 g/mol. The predicted octanol–water partition coefficient (Wildman–Crippen LogP) is 3.56. The van der Waals surface area contributed by atoms with Crippen LogP contribution in [0.4, 0.5) is 0 Å². The van der Waals surface area contributed by atoms with E-state index >= 15 is 0 Å². The molecule has 2 N–H and O–H groups in total. The van der Waals surface area contributed by atoms with Crippen molar-refractivity contribution >= 4 is 29.3 Å². The fourth-order valence-corrected chi connectivity index (χ4v) is 3.35. The molecule has 4 rings (SSSR count). The molecule has 2 aromatic carbocycles. The highest BCUT2D eigenvalue weighted by Crippen LogP contribution is 2.26. The highest BCUT2D eigenvalue weighted by atomic mass is 32.1. The first-order valence-electron chi connectivity index (χ1n) is 9.02. The Morgan fingerprint density at radius 1 is 1.07 bits per heavy atom. The molecule has 1 saturated heterocycles. The van der Waals surface area contributed by atoms with E-state index in [1.165, 1.54) is 11.1 Å². The van der Waals surface area contributed by atoms with Crippen LogP contribution in [0.3, 0.4) is 0 Å². The maximum absolute atomic E-state index is 12.1. The third kappa shape index (κ3) is 3.73. The molecule has 0 unspecified atom stereocenters. The van der Waals surface area contributed by atoms with E-state index in [9.17, 15) is 4.79 Å². The van der Waals surface area contributed by atoms with Gasteiger partial charge in [-0.05, 0) is 54.9 Å². The van der Waals surface area contributed by atoms with Crippen molar-refractivity contribution in [1.29, 1.82) is 0 Å². The van der Waals surface area contributed by atoms with Crippen molar-refractivity contribution in [1.82, 2.24) is 20.4 Å². The van der Waals surface area contributed by atoms with Gasteiger partial charge in [-0.2, -0.15) is 5.10 Å². The summed E-state index contributed by atoms with van der Waals surface area (Å²) in [6.45, 7) is 4.83. The molecule has 1 fully saturated rings. The summed E-state index contributed by atoms with van der Waals surface area (Å²) in [5, 5.41) is 10.6. The molecule has 1 aliphatic rings. The Morgan fingerprint density at radius 2 is 1.86 bits per heavy atom. The molecule has 3 aromatic rings. The normalized spacial score (nSPS) is 15.0. The van der Waals surface area contributed by atoms with Crippen LogP contribution in [0.2, 0.25) is 0 Å². The van der Waals surface area contributed by atoms with E-state index < -0.39 is 0 Å². The second-order valence-electron chi connectivity index (χ2n) is 6.88. The summed E-state index contributed by atoms with van der Waals surface area (Å²) >= 11 is 5.03. The van der Waals surface area contributed by atoms with Crippen LogP contribution in [0.25, 0.3) is 17.3 Å². The fourth-order valence-electron chi connectivity index (χ4n) is 3.14. The maximum Gasteiger partial charge on any atom is 0.273 e. The van der Waals surface area contributed by atoms with Crippen LogP contribution in [-0.4, -0.2) is 20.8 Å². The summed E-state index contributed by atoms with van der Waals surface area (Å²) in [6, 6.07) is 16.4. The molecule has 0 atom stereocenters. The lowest BCUT2D eigenvalue weighted by atomic mass is 10.0. The van der Waals surface area contributed by atoms with Crippen molar-refractivity contribution in [3.05, 3.63) is 82.7 Å². The van der Waals surface area contributed by atoms with Crippen LogP contribution in [0.1, 0.15) is 22.3 Å². The first kappa shape index (κ1) is 18.1. The number of aromatic nitrogens is 2. The van der Waals surface area contributed by atoms with Gasteiger partial charge in [0.15, 0.2) is 5.11 Å². The minimum atomic E-state index is -0.230. The molecule has 0 radical (unpaired) electrons. The molecular weight excluding hydrogens is 368 g/mol. The highest BCUT2D eigenvalue weighted by molar-refractivity contribution is 7.80. The molecule has 0 bridgehead atoms. The number of nitrogens with zero attached hydrogens (tertiary/aromatic N) is 2. The largest absolute Gasteiger partial charge is 0.328 e. The predicted molar refractivity (Wildman–Crippen MR) is 115 cm³/mol. The van der Waals surface area contributed by atoms with Crippen LogP contribution in [0.15, 0.2) is 60.4 Å². The van der Waals surface area contributed by atoms with E-state index in [0.717, 1.165) is 22.4 Å². The molecule has 6 heteroatoms. The minimum absolute atomic E-state index is 0.230. The fraction of sp³-hybridized carbons (Fsp3) is 0.136. The van der Waals surface area contributed by atoms with Crippen molar-refractivity contribution in [2.75, 3.05) is 0 Å². The number of thiocarbonyl (C=S) groups is 1. The molecule has 0 spiro atoms. The number of amides is 1. The number of aryl methyl sites for hydroxylation is 2. The van der Waals surface area contributed by atoms with Gasteiger partial charge in [0.1, 0.15) is 5.70 Å². The van der Waals surface area contributed by atoms with Gasteiger partial charge in [0, 0.05) is 17.3 Å². The number of carbonyl (C=O) groups is 1. The SMILES string of the molecule is Cc1ccc(-c2nn(Cc3ccccc3)cc2/C=C2\NC(=S)NC2=O)cc1C. The van der Waals surface area contributed by atoms with Crippen molar-refractivity contribution in [2.45, 2.75) is 20.4 Å². The van der Waals surface area contributed by atoms with Gasteiger partial charge >= 0.3 is 0 Å². The van der Waals surface area contributed by atoms with E-state index in [0.29, 0.717) is 17.4 Å². The second-order valence-corrected chi connectivity index (χ2v) is 7.29. The number of rotatable bonds is 4. The Bertz CT molecular complexity index is 1100. The summed E-state index contributed by atoms with van der Waals surface area (Å²) in [5.41, 5.74) is 6.73. The van der Waals surface area contributed by atoms with E-state index in [2.05, 4.69) is 54.8 Å². The summed E-state index contributed by atoms with van der Waals surface area (Å²) in [7, 11) is 0. The zero-order valence-electron chi connectivity index (χ0n) is 15.7. The molecule has 140 valence electrons. The van der Waals surface area contributed by atoms with Gasteiger partial charge in [0.05, 0.1) is 12.2 Å². The van der Waals surface area contributed by atoms with Gasteiger partial charge in [0.25, 0.3) is 5.91 Å². The van der Waals surface area contributed by atoms with Gasteiger partial charge in [-0.15, -0.1) is 0 Å². The van der Waals surface area contributed by atoms with Gasteiger partial charge in [-0.3, -0.25) is 14.8 Å². The Balaban J connectivity index is 1.78. The molecule has 1 aliphatic heterocycles. The third-order valence-electron chi connectivity index (χ3n) is 4.78. The van der Waals surface area contributed by atoms with Crippen molar-refractivity contribution in [3.8, 4) is 11.3 Å². The molecule has 1 amide bonds. The number of hydrogen-bond donors (Lipinski definition) is 2. The lowest BCUT2D eigenvalue weighted by Crippen LogP contribution is -2.21. The molecule has 1 aromatic heterocycles. The van der Waals surface area contributed by atoms with Gasteiger partial charge in [-0.1, -0.05) is 42.5 Å². The molecule has 0 aliphatic carbocycles. The van der Waals surface area contributed by atoms with E-state index in [1.54, 1.807) is 6.08 Å². The van der Waals surface area contributed by atoms with E-state index in [1.807, 2.05) is 29.1 Å². The van der Waals surface area contributed by atoms with E-state index in [-0.39, 0.29) is 5.91 Å². The van der Waals surface area contributed by atoms with E-state index in [4.69, 9.17) is 17.3 Å². The van der Waals surface area contributed by atoms with Crippen LogP contribution < -0.4 is 10.6 Å². The second kappa shape index (κ2) is 7.40. The lowest BCUT2D eigenvalue weighted by molar-refractivity contribution is -0.115. The van der Waals surface area contributed by atoms with Crippen LogP contribution in [-0.2, 0) is 11.3 Å². The molecule has 5 nitrogen and oxygen atoms in total. The van der Waals surface area contributed by atoms with Crippen molar-refractivity contribution in [3.63, 3.8) is 0 Å². The van der Waals surface area contributed by atoms with Gasteiger partial charge < -0.3 is 5.32 Å². The van der Waals surface area contributed by atoms with Crippen molar-refractivity contribution < 1.29 is 4.79 Å². The minimum Gasteiger partial charge on any atom is -0.328 e. The summed E-state index contributed by atoms with van der Waals surface area (Å²) in [6.07, 6.45) is 3.76. The smallest absolute Gasteiger partial charge is 0.273 e. The Labute approximate surface area is 169 Å². The number of benzene rings is 2. The maximum atomic E-state index is 12.1. The summed E-state index contributed by atoms with van der Waals surface area (Å²) in [5.74, 6) is -0.230. The Morgan fingerprint density at radius 3 is 2.54 bits per heavy atom. The van der Waals surface area contributed by atoms with Crippen LogP contribution in [0, 0.1) is 13.8 Å². The molecule has 0 saturated carbocycles. The van der Waals surface area contributed by atoms with Gasteiger partial charge in [-0.25, -0.2) is 0 Å². The summed E-state index contributed by atoms with van der Waals surface area (Å²) < 4.78 is 1.90. The zero-order chi connectivity index (χ0) is 19.7. The number of carbonyl (C=O) groups excluding carboxylic acids is 1. The number of nitrogens with one attached hydrogen (secondary N) is 2. The average molecular weight is 388 g/mol. The van der Waals surface area contributed by atoms with Crippen molar-refractivity contribution in [2.24, 2.45) is 0 Å². The van der Waals surface area contributed by atoms with Crippen LogP contribution in [0.5, 0.6) is 0 Å². The number of hydrogen-bond acceptors (Lipinski definition) is 3. The highest BCUT2D eigenvalue weighted by Gasteiger charge is 2.21. The first-order chi connectivity index (χ1) is 13.5. The molecule has 2 heterocycles. The topological polar surface area (TPSA) is 59.0 Å². The Hall–Kier alpha value is -3.25. The third-order valence-corrected chi connectivity index (χ3v) is 4.98. The standard InChI is InChI=1S/C22H20N4OS/c1-14-8-9-17(10-15(14)2)20-18(11-19-21(27)24-22(28)23-19)13-26(25-20)12-16-6-4-3-5-7-16/h3-11,13H,12H2,1-2H3,(H2,23,24,27,28)/b19-11-. The lowest BCUT2D eigenvalue weighted by Gasteiger charge is -2.05. The molecule has 28 heavy (non-hydrogen) atoms. The van der Waals surface area contributed by atoms with Crippen LogP contribution >= 0.6 is 12.2 Å². The zero-order valence-corrected chi connectivity index (χ0v) is 16.5. The Kier molecular flexibility index (Phi) is 4.79.